The van der Waals surface area contributed by atoms with Crippen LogP contribution in [0.3, 0.4) is 0 Å². The SMILES string of the molecule is COC(=O)CSc1nc(C2CCCCC2)nc2ccccc12. The second-order valence-electron chi connectivity index (χ2n) is 5.60. The minimum Gasteiger partial charge on any atom is -0.468 e. The molecule has 0 atom stereocenters. The van der Waals surface area contributed by atoms with Gasteiger partial charge in [0.05, 0.1) is 18.4 Å². The number of para-hydroxylation sites is 1. The summed E-state index contributed by atoms with van der Waals surface area (Å²) in [6, 6.07) is 8.01. The third-order valence-electron chi connectivity index (χ3n) is 4.11. The van der Waals surface area contributed by atoms with Crippen molar-refractivity contribution in [1.82, 2.24) is 9.97 Å². The number of methoxy groups -OCH3 is 1. The Morgan fingerprint density at radius 3 is 2.77 bits per heavy atom. The Kier molecular flexibility index (Phi) is 4.93. The number of esters is 1. The van der Waals surface area contributed by atoms with E-state index in [1.165, 1.54) is 51.0 Å². The summed E-state index contributed by atoms with van der Waals surface area (Å²) >= 11 is 1.44. The number of hydrogen-bond acceptors (Lipinski definition) is 5. The van der Waals surface area contributed by atoms with E-state index in [4.69, 9.17) is 14.7 Å². The van der Waals surface area contributed by atoms with E-state index in [9.17, 15) is 4.79 Å². The maximum absolute atomic E-state index is 11.4. The van der Waals surface area contributed by atoms with Crippen LogP contribution in [0.25, 0.3) is 10.9 Å². The lowest BCUT2D eigenvalue weighted by Crippen LogP contribution is -2.10. The predicted molar refractivity (Wildman–Crippen MR) is 88.1 cm³/mol. The van der Waals surface area contributed by atoms with Crippen LogP contribution in [-0.2, 0) is 9.53 Å². The van der Waals surface area contributed by atoms with Crippen molar-refractivity contribution in [1.29, 1.82) is 0 Å². The highest BCUT2D eigenvalue weighted by Crippen LogP contribution is 2.33. The number of carbonyl (C=O) groups is 1. The van der Waals surface area contributed by atoms with Crippen molar-refractivity contribution in [2.24, 2.45) is 0 Å². The molecule has 22 heavy (non-hydrogen) atoms. The normalized spacial score (nSPS) is 15.9. The van der Waals surface area contributed by atoms with Crippen molar-refractivity contribution in [2.45, 2.75) is 43.0 Å². The molecule has 1 aromatic carbocycles. The molecule has 0 unspecified atom stereocenters. The molecular weight excluding hydrogens is 296 g/mol. The molecule has 1 saturated carbocycles. The van der Waals surface area contributed by atoms with Gasteiger partial charge in [0.25, 0.3) is 0 Å². The van der Waals surface area contributed by atoms with Gasteiger partial charge in [-0.2, -0.15) is 0 Å². The fourth-order valence-corrected chi connectivity index (χ4v) is 3.76. The molecule has 1 heterocycles. The highest BCUT2D eigenvalue weighted by Gasteiger charge is 2.20. The molecule has 0 amide bonds. The fraction of sp³-hybridized carbons (Fsp3) is 0.471. The second kappa shape index (κ2) is 7.09. The zero-order valence-electron chi connectivity index (χ0n) is 12.7. The molecule has 0 spiro atoms. The van der Waals surface area contributed by atoms with E-state index in [-0.39, 0.29) is 11.7 Å². The van der Waals surface area contributed by atoms with Crippen molar-refractivity contribution in [3.05, 3.63) is 30.1 Å². The number of hydrogen-bond donors (Lipinski definition) is 0. The van der Waals surface area contributed by atoms with Gasteiger partial charge in [-0.3, -0.25) is 4.79 Å². The second-order valence-corrected chi connectivity index (χ2v) is 6.57. The van der Waals surface area contributed by atoms with Crippen LogP contribution in [-0.4, -0.2) is 28.8 Å². The topological polar surface area (TPSA) is 52.1 Å². The monoisotopic (exact) mass is 316 g/mol. The third kappa shape index (κ3) is 3.40. The van der Waals surface area contributed by atoms with Crippen LogP contribution in [0.5, 0.6) is 0 Å². The van der Waals surface area contributed by atoms with Gasteiger partial charge in [0.2, 0.25) is 0 Å². The smallest absolute Gasteiger partial charge is 0.316 e. The molecule has 0 N–H and O–H groups in total. The van der Waals surface area contributed by atoms with Crippen molar-refractivity contribution >= 4 is 28.6 Å². The van der Waals surface area contributed by atoms with Crippen LogP contribution in [0, 0.1) is 0 Å². The Morgan fingerprint density at radius 1 is 1.23 bits per heavy atom. The molecule has 1 fully saturated rings. The Morgan fingerprint density at radius 2 is 2.00 bits per heavy atom. The molecule has 2 aromatic rings. The van der Waals surface area contributed by atoms with Crippen LogP contribution >= 0.6 is 11.8 Å². The Hall–Kier alpha value is -1.62. The average Bonchev–Trinajstić information content (AvgIpc) is 2.59. The molecule has 1 aliphatic carbocycles. The van der Waals surface area contributed by atoms with E-state index in [0.717, 1.165) is 21.8 Å². The van der Waals surface area contributed by atoms with Gasteiger partial charge in [0.15, 0.2) is 0 Å². The van der Waals surface area contributed by atoms with E-state index in [2.05, 4.69) is 0 Å². The molecule has 1 aliphatic rings. The lowest BCUT2D eigenvalue weighted by molar-refractivity contribution is -0.137. The third-order valence-corrected chi connectivity index (χ3v) is 5.07. The van der Waals surface area contributed by atoms with Gasteiger partial charge in [-0.25, -0.2) is 9.97 Å². The van der Waals surface area contributed by atoms with Crippen LogP contribution in [0.4, 0.5) is 0 Å². The van der Waals surface area contributed by atoms with Gasteiger partial charge in [0, 0.05) is 11.3 Å². The minimum absolute atomic E-state index is 0.230. The van der Waals surface area contributed by atoms with Crippen molar-refractivity contribution < 1.29 is 9.53 Å². The molecule has 0 radical (unpaired) electrons. The number of rotatable bonds is 4. The average molecular weight is 316 g/mol. The number of fused-ring (bicyclic) bond motifs is 1. The largest absolute Gasteiger partial charge is 0.468 e. The minimum atomic E-state index is -0.230. The van der Waals surface area contributed by atoms with E-state index >= 15 is 0 Å². The Balaban J connectivity index is 1.94. The van der Waals surface area contributed by atoms with Crippen molar-refractivity contribution in [2.75, 3.05) is 12.9 Å². The number of ether oxygens (including phenoxy) is 1. The van der Waals surface area contributed by atoms with Gasteiger partial charge in [-0.15, -0.1) is 0 Å². The van der Waals surface area contributed by atoms with Crippen LogP contribution < -0.4 is 0 Å². The Bertz CT molecular complexity index is 669. The first-order valence-corrected chi connectivity index (χ1v) is 8.73. The van der Waals surface area contributed by atoms with Gasteiger partial charge < -0.3 is 4.74 Å². The fourth-order valence-electron chi connectivity index (χ4n) is 2.90. The van der Waals surface area contributed by atoms with Crippen molar-refractivity contribution in [3.8, 4) is 0 Å². The van der Waals surface area contributed by atoms with Crippen LogP contribution in [0.15, 0.2) is 29.3 Å². The molecule has 1 aromatic heterocycles. The summed E-state index contributed by atoms with van der Waals surface area (Å²) in [4.78, 5) is 21.0. The number of thioether (sulfide) groups is 1. The van der Waals surface area contributed by atoms with E-state index in [1.807, 2.05) is 24.3 Å². The van der Waals surface area contributed by atoms with Gasteiger partial charge in [-0.05, 0) is 18.9 Å². The zero-order valence-corrected chi connectivity index (χ0v) is 13.6. The van der Waals surface area contributed by atoms with Crippen LogP contribution in [0.1, 0.15) is 43.8 Å². The lowest BCUT2D eigenvalue weighted by atomic mass is 9.88. The lowest BCUT2D eigenvalue weighted by Gasteiger charge is -2.21. The highest BCUT2D eigenvalue weighted by atomic mass is 32.2. The maximum atomic E-state index is 11.4. The first-order valence-electron chi connectivity index (χ1n) is 7.74. The number of benzene rings is 1. The first kappa shape index (κ1) is 15.3. The summed E-state index contributed by atoms with van der Waals surface area (Å²) in [5, 5.41) is 1.90. The molecule has 0 bridgehead atoms. The standard InChI is InChI=1S/C17H20N2O2S/c1-21-15(20)11-22-17-13-9-5-6-10-14(13)18-16(19-17)12-7-3-2-4-8-12/h5-6,9-10,12H,2-4,7-8,11H2,1H3. The summed E-state index contributed by atoms with van der Waals surface area (Å²) in [6.07, 6.45) is 6.16. The van der Waals surface area contributed by atoms with Crippen LogP contribution in [0.2, 0.25) is 0 Å². The van der Waals surface area contributed by atoms with E-state index < -0.39 is 0 Å². The summed E-state index contributed by atoms with van der Waals surface area (Å²) < 4.78 is 4.73. The molecule has 3 rings (SSSR count). The number of nitrogens with zero attached hydrogens (tertiary/aromatic N) is 2. The molecule has 0 saturated heterocycles. The predicted octanol–water partition coefficient (Wildman–Crippen LogP) is 3.94. The Labute approximate surface area is 134 Å². The summed E-state index contributed by atoms with van der Waals surface area (Å²) in [7, 11) is 1.41. The molecule has 5 heteroatoms. The van der Waals surface area contributed by atoms with Crippen molar-refractivity contribution in [3.63, 3.8) is 0 Å². The summed E-state index contributed by atoms with van der Waals surface area (Å²) in [5.74, 6) is 1.44. The highest BCUT2D eigenvalue weighted by molar-refractivity contribution is 8.00. The van der Waals surface area contributed by atoms with Gasteiger partial charge in [0.1, 0.15) is 10.9 Å². The van der Waals surface area contributed by atoms with E-state index in [0.29, 0.717) is 5.92 Å². The molecule has 116 valence electrons. The summed E-state index contributed by atoms with van der Waals surface area (Å²) in [5.41, 5.74) is 0.963. The van der Waals surface area contributed by atoms with Gasteiger partial charge in [-0.1, -0.05) is 49.2 Å². The molecule has 4 nitrogen and oxygen atoms in total. The zero-order chi connectivity index (χ0) is 15.4. The first-order chi connectivity index (χ1) is 10.8. The van der Waals surface area contributed by atoms with E-state index in [1.54, 1.807) is 0 Å². The summed E-state index contributed by atoms with van der Waals surface area (Å²) in [6.45, 7) is 0. The number of aromatic nitrogens is 2. The molecular formula is C17H20N2O2S. The number of carbonyl (C=O) groups excluding carboxylic acids is 1. The van der Waals surface area contributed by atoms with Gasteiger partial charge >= 0.3 is 5.97 Å². The molecule has 0 aliphatic heterocycles. The maximum Gasteiger partial charge on any atom is 0.316 e. The quantitative estimate of drug-likeness (QED) is 0.486.